The molecular formula is C14H17F3N2O2. The molecule has 7 heteroatoms. The summed E-state index contributed by atoms with van der Waals surface area (Å²) in [6.45, 7) is 4.05. The van der Waals surface area contributed by atoms with E-state index in [9.17, 15) is 23.1 Å². The fourth-order valence-corrected chi connectivity index (χ4v) is 2.10. The van der Waals surface area contributed by atoms with E-state index in [1.54, 1.807) is 0 Å². The molecule has 21 heavy (non-hydrogen) atoms. The molecule has 2 amide bonds. The summed E-state index contributed by atoms with van der Waals surface area (Å²) in [6.07, 6.45) is -4.45. The highest BCUT2D eigenvalue weighted by molar-refractivity contribution is 5.90. The second-order valence-corrected chi connectivity index (χ2v) is 5.62. The number of aliphatic hydroxyl groups is 1. The minimum atomic E-state index is -4.45. The van der Waals surface area contributed by atoms with E-state index in [1.807, 2.05) is 13.8 Å². The van der Waals surface area contributed by atoms with Crippen LogP contribution < -0.4 is 5.32 Å². The highest BCUT2D eigenvalue weighted by atomic mass is 19.4. The highest BCUT2D eigenvalue weighted by Gasteiger charge is 2.45. The van der Waals surface area contributed by atoms with E-state index in [4.69, 9.17) is 0 Å². The van der Waals surface area contributed by atoms with Crippen molar-refractivity contribution in [2.75, 3.05) is 18.4 Å². The van der Waals surface area contributed by atoms with Crippen LogP contribution in [0, 0.1) is 5.92 Å². The standard InChI is InChI=1S/C14H17F3N2O2/c1-9(2)13(21)7-19(8-13)12(20)18-11-5-3-4-10(6-11)14(15,16)17/h3-6,9,21H,7-8H2,1-2H3,(H,18,20). The molecule has 0 spiro atoms. The molecule has 0 aromatic heterocycles. The first-order chi connectivity index (χ1) is 9.62. The molecule has 0 aliphatic carbocycles. The monoisotopic (exact) mass is 302 g/mol. The number of carbonyl (C=O) groups is 1. The van der Waals surface area contributed by atoms with Gasteiger partial charge in [0.25, 0.3) is 0 Å². The molecule has 0 radical (unpaired) electrons. The molecule has 2 rings (SSSR count). The van der Waals surface area contributed by atoms with Gasteiger partial charge in [-0.25, -0.2) is 4.79 Å². The maximum atomic E-state index is 12.6. The normalized spacial score (nSPS) is 17.6. The maximum Gasteiger partial charge on any atom is 0.416 e. The maximum absolute atomic E-state index is 12.6. The van der Waals surface area contributed by atoms with Gasteiger partial charge in [-0.2, -0.15) is 13.2 Å². The predicted molar refractivity (Wildman–Crippen MR) is 71.8 cm³/mol. The Bertz CT molecular complexity index is 537. The smallest absolute Gasteiger partial charge is 0.386 e. The van der Waals surface area contributed by atoms with Gasteiger partial charge in [0.15, 0.2) is 0 Å². The summed E-state index contributed by atoms with van der Waals surface area (Å²) in [5.41, 5.74) is -1.65. The Labute approximate surface area is 120 Å². The van der Waals surface area contributed by atoms with Gasteiger partial charge >= 0.3 is 12.2 Å². The van der Waals surface area contributed by atoms with Crippen LogP contribution in [0.2, 0.25) is 0 Å². The van der Waals surface area contributed by atoms with Crippen molar-refractivity contribution in [3.63, 3.8) is 0 Å². The number of carbonyl (C=O) groups excluding carboxylic acids is 1. The van der Waals surface area contributed by atoms with E-state index in [-0.39, 0.29) is 24.7 Å². The molecular weight excluding hydrogens is 285 g/mol. The Morgan fingerprint density at radius 2 is 2.00 bits per heavy atom. The third kappa shape index (κ3) is 3.29. The van der Waals surface area contributed by atoms with Crippen molar-refractivity contribution in [2.45, 2.75) is 25.6 Å². The van der Waals surface area contributed by atoms with Crippen molar-refractivity contribution >= 4 is 11.7 Å². The molecule has 0 unspecified atom stereocenters. The zero-order chi connectivity index (χ0) is 15.8. The molecule has 1 aliphatic heterocycles. The third-order valence-corrected chi connectivity index (χ3v) is 3.73. The number of halogens is 3. The summed E-state index contributed by atoms with van der Waals surface area (Å²) in [4.78, 5) is 13.2. The lowest BCUT2D eigenvalue weighted by Gasteiger charge is -2.48. The largest absolute Gasteiger partial charge is 0.416 e. The molecule has 1 aromatic rings. The minimum absolute atomic E-state index is 0.00936. The Balaban J connectivity index is 1.99. The van der Waals surface area contributed by atoms with Crippen LogP contribution in [0.3, 0.4) is 0 Å². The van der Waals surface area contributed by atoms with Crippen LogP contribution in [0.15, 0.2) is 24.3 Å². The average molecular weight is 302 g/mol. The number of amides is 2. The van der Waals surface area contributed by atoms with Crippen LogP contribution in [0.1, 0.15) is 19.4 Å². The lowest BCUT2D eigenvalue weighted by Crippen LogP contribution is -2.66. The van der Waals surface area contributed by atoms with E-state index in [0.717, 1.165) is 12.1 Å². The highest BCUT2D eigenvalue weighted by Crippen LogP contribution is 2.32. The first-order valence-electron chi connectivity index (χ1n) is 6.57. The van der Waals surface area contributed by atoms with Crippen molar-refractivity contribution < 1.29 is 23.1 Å². The van der Waals surface area contributed by atoms with Gasteiger partial charge in [-0.3, -0.25) is 0 Å². The lowest BCUT2D eigenvalue weighted by atomic mass is 9.83. The molecule has 1 fully saturated rings. The van der Waals surface area contributed by atoms with E-state index in [2.05, 4.69) is 5.32 Å². The summed E-state index contributed by atoms with van der Waals surface area (Å²) in [6, 6.07) is 3.93. The summed E-state index contributed by atoms with van der Waals surface area (Å²) in [7, 11) is 0. The van der Waals surface area contributed by atoms with Crippen LogP contribution in [-0.4, -0.2) is 34.7 Å². The number of nitrogens with one attached hydrogen (secondary N) is 1. The Kier molecular flexibility index (Phi) is 3.88. The number of β-amino-alcohol motifs (C(OH)–C–C–N with tert-alkyl or cyclic N) is 1. The number of anilines is 1. The number of urea groups is 1. The summed E-state index contributed by atoms with van der Waals surface area (Å²) in [5.74, 6) is 0.00936. The molecule has 0 saturated carbocycles. The van der Waals surface area contributed by atoms with Gasteiger partial charge in [0.05, 0.1) is 18.7 Å². The van der Waals surface area contributed by atoms with E-state index in [0.29, 0.717) is 0 Å². The first-order valence-corrected chi connectivity index (χ1v) is 6.57. The Morgan fingerprint density at radius 1 is 1.38 bits per heavy atom. The minimum Gasteiger partial charge on any atom is -0.386 e. The van der Waals surface area contributed by atoms with Gasteiger partial charge in [0, 0.05) is 5.69 Å². The SMILES string of the molecule is CC(C)C1(O)CN(C(=O)Nc2cccc(C(F)(F)F)c2)C1. The number of alkyl halides is 3. The van der Waals surface area contributed by atoms with Crippen molar-refractivity contribution in [2.24, 2.45) is 5.92 Å². The van der Waals surface area contributed by atoms with E-state index in [1.165, 1.54) is 17.0 Å². The average Bonchev–Trinajstić information content (AvgIpc) is 2.33. The first kappa shape index (κ1) is 15.6. The molecule has 1 aliphatic rings. The summed E-state index contributed by atoms with van der Waals surface area (Å²) >= 11 is 0. The van der Waals surface area contributed by atoms with Gasteiger partial charge in [-0.15, -0.1) is 0 Å². The second kappa shape index (κ2) is 5.22. The van der Waals surface area contributed by atoms with Gasteiger partial charge < -0.3 is 15.3 Å². The molecule has 0 atom stereocenters. The quantitative estimate of drug-likeness (QED) is 0.882. The van der Waals surface area contributed by atoms with Crippen LogP contribution in [0.4, 0.5) is 23.7 Å². The van der Waals surface area contributed by atoms with Crippen molar-refractivity contribution in [3.8, 4) is 0 Å². The van der Waals surface area contributed by atoms with Crippen LogP contribution in [0.25, 0.3) is 0 Å². The number of likely N-dealkylation sites (tertiary alicyclic amines) is 1. The Hall–Kier alpha value is -1.76. The molecule has 1 aromatic carbocycles. The van der Waals surface area contributed by atoms with Gasteiger partial charge in [0.2, 0.25) is 0 Å². The zero-order valence-electron chi connectivity index (χ0n) is 11.7. The molecule has 2 N–H and O–H groups in total. The summed E-state index contributed by atoms with van der Waals surface area (Å²) < 4.78 is 37.7. The van der Waals surface area contributed by atoms with E-state index < -0.39 is 23.4 Å². The Morgan fingerprint density at radius 3 is 2.52 bits per heavy atom. The molecule has 116 valence electrons. The number of hydrogen-bond donors (Lipinski definition) is 2. The van der Waals surface area contributed by atoms with Gasteiger partial charge in [-0.05, 0) is 24.1 Å². The number of rotatable bonds is 2. The topological polar surface area (TPSA) is 52.6 Å². The molecule has 1 saturated heterocycles. The van der Waals surface area contributed by atoms with Gasteiger partial charge in [-0.1, -0.05) is 19.9 Å². The predicted octanol–water partition coefficient (Wildman–Crippen LogP) is 2.94. The second-order valence-electron chi connectivity index (χ2n) is 5.62. The van der Waals surface area contributed by atoms with Crippen molar-refractivity contribution in [1.82, 2.24) is 4.90 Å². The van der Waals surface area contributed by atoms with Crippen molar-refractivity contribution in [1.29, 1.82) is 0 Å². The fourth-order valence-electron chi connectivity index (χ4n) is 2.10. The lowest BCUT2D eigenvalue weighted by molar-refractivity contribution is -0.137. The molecule has 0 bridgehead atoms. The van der Waals surface area contributed by atoms with Gasteiger partial charge in [0.1, 0.15) is 5.60 Å². The number of hydrogen-bond acceptors (Lipinski definition) is 2. The van der Waals surface area contributed by atoms with Crippen LogP contribution in [-0.2, 0) is 6.18 Å². The van der Waals surface area contributed by atoms with Crippen molar-refractivity contribution in [3.05, 3.63) is 29.8 Å². The number of benzene rings is 1. The molecule has 4 nitrogen and oxygen atoms in total. The zero-order valence-corrected chi connectivity index (χ0v) is 11.7. The molecule has 1 heterocycles. The van der Waals surface area contributed by atoms with Crippen LogP contribution in [0.5, 0.6) is 0 Å². The third-order valence-electron chi connectivity index (χ3n) is 3.73. The summed E-state index contributed by atoms with van der Waals surface area (Å²) in [5, 5.41) is 12.5. The number of nitrogens with zero attached hydrogens (tertiary/aromatic N) is 1. The fraction of sp³-hybridized carbons (Fsp3) is 0.500. The van der Waals surface area contributed by atoms with Crippen LogP contribution >= 0.6 is 0 Å². The van der Waals surface area contributed by atoms with E-state index >= 15 is 0 Å².